The third-order valence-electron chi connectivity index (χ3n) is 14.8. The van der Waals surface area contributed by atoms with Crippen LogP contribution in [0.15, 0.2) is 218 Å². The molecular weight excluding hydrogens is 825 g/mol. The van der Waals surface area contributed by atoms with Crippen LogP contribution in [0.5, 0.6) is 11.5 Å². The molecule has 0 aliphatic heterocycles. The Bertz CT molecular complexity index is 3470. The van der Waals surface area contributed by atoms with Gasteiger partial charge in [-0.1, -0.05) is 222 Å². The van der Waals surface area contributed by atoms with Gasteiger partial charge in [-0.2, -0.15) is 0 Å². The van der Waals surface area contributed by atoms with Gasteiger partial charge in [0.15, 0.2) is 0 Å². The van der Waals surface area contributed by atoms with Crippen LogP contribution in [0.3, 0.4) is 0 Å². The van der Waals surface area contributed by atoms with E-state index in [2.05, 4.69) is 246 Å². The van der Waals surface area contributed by atoms with Crippen LogP contribution in [0, 0.1) is 0 Å². The summed E-state index contributed by atoms with van der Waals surface area (Å²) in [6.07, 6.45) is 1.18. The number of phenols is 2. The summed E-state index contributed by atoms with van der Waals surface area (Å²) in [5.41, 5.74) is 11.5. The van der Waals surface area contributed by atoms with Crippen LogP contribution in [-0.4, -0.2) is 10.2 Å². The first kappa shape index (κ1) is 42.7. The van der Waals surface area contributed by atoms with E-state index in [1.807, 2.05) is 0 Å². The van der Waals surface area contributed by atoms with Crippen LogP contribution in [0.1, 0.15) is 72.2 Å². The predicted molar refractivity (Wildman–Crippen MR) is 286 cm³/mol. The van der Waals surface area contributed by atoms with Crippen LogP contribution in [-0.2, 0) is 23.7 Å². The summed E-state index contributed by atoms with van der Waals surface area (Å²) in [4.78, 5) is 0. The van der Waals surface area contributed by atoms with Crippen molar-refractivity contribution in [2.24, 2.45) is 0 Å². The van der Waals surface area contributed by atoms with E-state index in [1.165, 1.54) is 54.6 Å². The summed E-state index contributed by atoms with van der Waals surface area (Å²) < 4.78 is 0. The molecule has 0 atom stereocenters. The molecule has 2 heteroatoms. The maximum Gasteiger partial charge on any atom is 0.126 e. The Balaban J connectivity index is 1.03. The summed E-state index contributed by atoms with van der Waals surface area (Å²) >= 11 is 0. The van der Waals surface area contributed by atoms with Crippen molar-refractivity contribution in [3.63, 3.8) is 0 Å². The second kappa shape index (κ2) is 17.0. The maximum absolute atomic E-state index is 12.3. The number of hydrogen-bond donors (Lipinski definition) is 2. The van der Waals surface area contributed by atoms with Gasteiger partial charge in [-0.3, -0.25) is 0 Å². The lowest BCUT2D eigenvalue weighted by atomic mass is 9.72. The highest BCUT2D eigenvalue weighted by Gasteiger charge is 2.31. The summed E-state index contributed by atoms with van der Waals surface area (Å²) in [6, 6.07) is 77.6. The van der Waals surface area contributed by atoms with Crippen molar-refractivity contribution < 1.29 is 10.2 Å². The molecule has 0 heterocycles. The van der Waals surface area contributed by atoms with Gasteiger partial charge in [-0.15, -0.1) is 0 Å². The Labute approximate surface area is 399 Å². The van der Waals surface area contributed by atoms with Crippen molar-refractivity contribution in [2.45, 2.75) is 51.4 Å². The monoisotopic (exact) mass is 878 g/mol. The molecule has 0 aliphatic rings. The SMILES string of the molecule is CC(C)(c1cccc(C(C)(C)c2cc(Cc3cccc4ccccc34)c(O)c(-c3ccc4ccccc4c3)c2)c1)c1cc(Cc2cccc3ccccc23)c(O)c(-c2ccc3ccccc3c2)c1. The minimum absolute atomic E-state index is 0.316. The van der Waals surface area contributed by atoms with E-state index in [0.717, 1.165) is 55.3 Å². The van der Waals surface area contributed by atoms with Gasteiger partial charge < -0.3 is 10.2 Å². The summed E-state index contributed by atoms with van der Waals surface area (Å²) in [7, 11) is 0. The molecule has 2 N–H and O–H groups in total. The van der Waals surface area contributed by atoms with Crippen LogP contribution in [0.4, 0.5) is 0 Å². The minimum Gasteiger partial charge on any atom is -0.507 e. The van der Waals surface area contributed by atoms with Crippen molar-refractivity contribution in [2.75, 3.05) is 0 Å². The normalized spacial score (nSPS) is 12.1. The second-order valence-electron chi connectivity index (χ2n) is 19.6. The lowest BCUT2D eigenvalue weighted by Crippen LogP contribution is -2.23. The van der Waals surface area contributed by atoms with E-state index < -0.39 is 10.8 Å². The molecule has 330 valence electrons. The zero-order chi connectivity index (χ0) is 46.6. The highest BCUT2D eigenvalue weighted by molar-refractivity contribution is 5.91. The molecule has 0 bridgehead atoms. The molecule has 0 aromatic heterocycles. The fourth-order valence-corrected chi connectivity index (χ4v) is 10.5. The van der Waals surface area contributed by atoms with Gasteiger partial charge in [0.05, 0.1) is 0 Å². The molecule has 11 aromatic carbocycles. The molecule has 2 nitrogen and oxygen atoms in total. The molecule has 0 radical (unpaired) electrons. The molecule has 11 rings (SSSR count). The zero-order valence-electron chi connectivity index (χ0n) is 39.1. The molecule has 0 saturated carbocycles. The predicted octanol–water partition coefficient (Wildman–Crippen LogP) is 16.9. The van der Waals surface area contributed by atoms with E-state index in [4.69, 9.17) is 0 Å². The van der Waals surface area contributed by atoms with Crippen molar-refractivity contribution in [1.82, 2.24) is 0 Å². The Morgan fingerprint density at radius 3 is 1.10 bits per heavy atom. The number of phenolic OH excluding ortho intramolecular Hbond substituents is 2. The van der Waals surface area contributed by atoms with E-state index in [9.17, 15) is 10.2 Å². The van der Waals surface area contributed by atoms with Crippen molar-refractivity contribution in [1.29, 1.82) is 0 Å². The molecular formula is C66H54O2. The third-order valence-corrected chi connectivity index (χ3v) is 14.8. The number of fused-ring (bicyclic) bond motifs is 4. The maximum atomic E-state index is 12.3. The molecule has 68 heavy (non-hydrogen) atoms. The average Bonchev–Trinajstić information content (AvgIpc) is 3.37. The van der Waals surface area contributed by atoms with Crippen molar-refractivity contribution in [3.05, 3.63) is 263 Å². The zero-order valence-corrected chi connectivity index (χ0v) is 39.1. The fraction of sp³-hybridized carbons (Fsp3) is 0.121. The van der Waals surface area contributed by atoms with Gasteiger partial charge in [-0.25, -0.2) is 0 Å². The van der Waals surface area contributed by atoms with Crippen LogP contribution in [0.2, 0.25) is 0 Å². The van der Waals surface area contributed by atoms with Crippen molar-refractivity contribution >= 4 is 43.1 Å². The standard InChI is InChI=1S/C66H54O2/c1-65(2,57-38-53(36-49-24-13-22-45-18-9-11-28-59(45)49)63(67)61(41-57)51-32-30-43-16-5-7-20-47(43)34-51)55-26-15-27-56(40-55)66(3,4)58-39-54(37-50-25-14-23-46-19-10-12-29-60(46)50)64(68)62(42-58)52-33-31-44-17-6-8-21-48(44)35-52/h5-35,38-42,67-68H,36-37H2,1-4H3. The highest BCUT2D eigenvalue weighted by atomic mass is 16.3. The Hall–Kier alpha value is -7.94. The summed E-state index contributed by atoms with van der Waals surface area (Å²) in [6.45, 7) is 9.21. The van der Waals surface area contributed by atoms with E-state index in [0.29, 0.717) is 24.3 Å². The Kier molecular flexibility index (Phi) is 10.7. The summed E-state index contributed by atoms with van der Waals surface area (Å²) in [5, 5.41) is 34.0. The van der Waals surface area contributed by atoms with Gasteiger partial charge in [0.1, 0.15) is 11.5 Å². The largest absolute Gasteiger partial charge is 0.507 e. The van der Waals surface area contributed by atoms with E-state index in [1.54, 1.807) is 0 Å². The first-order valence-electron chi connectivity index (χ1n) is 23.8. The minimum atomic E-state index is -0.455. The van der Waals surface area contributed by atoms with Gasteiger partial charge in [0, 0.05) is 34.8 Å². The number of rotatable bonds is 10. The van der Waals surface area contributed by atoms with Gasteiger partial charge in [0.2, 0.25) is 0 Å². The fourth-order valence-electron chi connectivity index (χ4n) is 10.5. The molecule has 0 spiro atoms. The van der Waals surface area contributed by atoms with E-state index >= 15 is 0 Å². The van der Waals surface area contributed by atoms with Gasteiger partial charge in [-0.05, 0) is 123 Å². The lowest BCUT2D eigenvalue weighted by molar-refractivity contribution is 0.470. The third kappa shape index (κ3) is 7.76. The highest BCUT2D eigenvalue weighted by Crippen LogP contribution is 2.45. The van der Waals surface area contributed by atoms with Crippen LogP contribution in [0.25, 0.3) is 65.3 Å². The Morgan fingerprint density at radius 1 is 0.294 bits per heavy atom. The lowest BCUT2D eigenvalue weighted by Gasteiger charge is -2.32. The molecule has 0 aliphatic carbocycles. The van der Waals surface area contributed by atoms with Crippen LogP contribution >= 0.6 is 0 Å². The first-order valence-corrected chi connectivity index (χ1v) is 23.8. The van der Waals surface area contributed by atoms with Crippen molar-refractivity contribution in [3.8, 4) is 33.8 Å². The topological polar surface area (TPSA) is 40.5 Å². The quantitative estimate of drug-likeness (QED) is 0.144. The average molecular weight is 879 g/mol. The number of hydrogen-bond acceptors (Lipinski definition) is 2. The molecule has 11 aromatic rings. The van der Waals surface area contributed by atoms with E-state index in [-0.39, 0.29) is 0 Å². The Morgan fingerprint density at radius 2 is 0.662 bits per heavy atom. The second-order valence-corrected chi connectivity index (χ2v) is 19.6. The van der Waals surface area contributed by atoms with Gasteiger partial charge >= 0.3 is 0 Å². The molecule has 0 unspecified atom stereocenters. The first-order chi connectivity index (χ1) is 33.0. The smallest absolute Gasteiger partial charge is 0.126 e. The number of benzene rings is 11. The summed E-state index contributed by atoms with van der Waals surface area (Å²) in [5.74, 6) is 0.632. The molecule has 0 amide bonds. The molecule has 0 saturated heterocycles. The number of aromatic hydroxyl groups is 2. The molecule has 0 fully saturated rings. The van der Waals surface area contributed by atoms with Gasteiger partial charge in [0.25, 0.3) is 0 Å². The van der Waals surface area contributed by atoms with Crippen LogP contribution < -0.4 is 0 Å².